The Morgan fingerprint density at radius 3 is 2.90 bits per heavy atom. The van der Waals surface area contributed by atoms with E-state index in [1.54, 1.807) is 5.38 Å². The number of rotatable bonds is 3. The molecule has 1 atom stereocenters. The summed E-state index contributed by atoms with van der Waals surface area (Å²) in [5, 5.41) is 13.7. The van der Waals surface area contributed by atoms with Crippen molar-refractivity contribution in [3.8, 4) is 5.75 Å². The standard InChI is InChI=1S/C14H11NO4S/c16-12(15-13-9(14(17)18)5-6-20-13)10-7-19-11-4-2-1-3-8(10)11/h1-6,10H,7H2,(H,15,16)(H,17,18). The molecule has 0 aliphatic carbocycles. The Morgan fingerprint density at radius 2 is 2.10 bits per heavy atom. The average molecular weight is 289 g/mol. The Morgan fingerprint density at radius 1 is 1.30 bits per heavy atom. The number of anilines is 1. The zero-order valence-corrected chi connectivity index (χ0v) is 11.1. The Hall–Kier alpha value is -2.34. The molecule has 20 heavy (non-hydrogen) atoms. The quantitative estimate of drug-likeness (QED) is 0.910. The highest BCUT2D eigenvalue weighted by molar-refractivity contribution is 7.14. The van der Waals surface area contributed by atoms with Crippen LogP contribution >= 0.6 is 11.3 Å². The third-order valence-electron chi connectivity index (χ3n) is 3.15. The lowest BCUT2D eigenvalue weighted by Crippen LogP contribution is -2.22. The number of fused-ring (bicyclic) bond motifs is 1. The van der Waals surface area contributed by atoms with E-state index in [0.717, 1.165) is 5.56 Å². The first-order valence-electron chi connectivity index (χ1n) is 6.00. The number of nitrogens with one attached hydrogen (secondary N) is 1. The number of carboxylic acids is 1. The average Bonchev–Trinajstić information content (AvgIpc) is 3.04. The summed E-state index contributed by atoms with van der Waals surface area (Å²) in [5.41, 5.74) is 0.939. The zero-order valence-electron chi connectivity index (χ0n) is 10.3. The predicted molar refractivity (Wildman–Crippen MR) is 74.6 cm³/mol. The fraction of sp³-hybridized carbons (Fsp3) is 0.143. The molecule has 0 saturated heterocycles. The Kier molecular flexibility index (Phi) is 3.15. The van der Waals surface area contributed by atoms with Gasteiger partial charge in [-0.1, -0.05) is 18.2 Å². The summed E-state index contributed by atoms with van der Waals surface area (Å²) >= 11 is 1.19. The molecule has 0 fully saturated rings. The lowest BCUT2D eigenvalue weighted by molar-refractivity contribution is -0.117. The highest BCUT2D eigenvalue weighted by Gasteiger charge is 2.30. The van der Waals surface area contributed by atoms with Crippen molar-refractivity contribution in [3.05, 3.63) is 46.8 Å². The van der Waals surface area contributed by atoms with Crippen LogP contribution in [0.1, 0.15) is 21.8 Å². The maximum absolute atomic E-state index is 12.3. The molecule has 1 unspecified atom stereocenters. The van der Waals surface area contributed by atoms with Gasteiger partial charge in [-0.05, 0) is 17.5 Å². The van der Waals surface area contributed by atoms with E-state index in [9.17, 15) is 9.59 Å². The number of thiophene rings is 1. The van der Waals surface area contributed by atoms with Gasteiger partial charge in [0.1, 0.15) is 23.3 Å². The molecule has 1 aliphatic rings. The van der Waals surface area contributed by atoms with Crippen LogP contribution in [0.4, 0.5) is 5.00 Å². The van der Waals surface area contributed by atoms with Crippen LogP contribution in [0.5, 0.6) is 5.75 Å². The first-order chi connectivity index (χ1) is 9.66. The first-order valence-corrected chi connectivity index (χ1v) is 6.88. The van der Waals surface area contributed by atoms with Crippen molar-refractivity contribution in [1.82, 2.24) is 0 Å². The number of ether oxygens (including phenoxy) is 1. The van der Waals surface area contributed by atoms with E-state index >= 15 is 0 Å². The molecule has 3 rings (SSSR count). The molecule has 5 nitrogen and oxygen atoms in total. The highest BCUT2D eigenvalue weighted by Crippen LogP contribution is 2.35. The molecule has 6 heteroatoms. The van der Waals surface area contributed by atoms with Crippen molar-refractivity contribution >= 4 is 28.2 Å². The van der Waals surface area contributed by atoms with Crippen LogP contribution in [0.25, 0.3) is 0 Å². The van der Waals surface area contributed by atoms with Crippen molar-refractivity contribution in [2.45, 2.75) is 5.92 Å². The summed E-state index contributed by atoms with van der Waals surface area (Å²) in [6.45, 7) is 0.277. The monoisotopic (exact) mass is 289 g/mol. The maximum Gasteiger partial charge on any atom is 0.338 e. The fourth-order valence-corrected chi connectivity index (χ4v) is 2.94. The summed E-state index contributed by atoms with van der Waals surface area (Å²) in [6, 6.07) is 8.83. The third-order valence-corrected chi connectivity index (χ3v) is 3.98. The lowest BCUT2D eigenvalue weighted by atomic mass is 10.0. The van der Waals surface area contributed by atoms with Gasteiger partial charge in [-0.3, -0.25) is 4.79 Å². The van der Waals surface area contributed by atoms with Crippen molar-refractivity contribution in [2.24, 2.45) is 0 Å². The van der Waals surface area contributed by atoms with Gasteiger partial charge < -0.3 is 15.2 Å². The van der Waals surface area contributed by atoms with Crippen LogP contribution in [-0.2, 0) is 4.79 Å². The number of carbonyl (C=O) groups is 2. The van der Waals surface area contributed by atoms with Crippen molar-refractivity contribution in [3.63, 3.8) is 0 Å². The minimum absolute atomic E-state index is 0.107. The number of carbonyl (C=O) groups excluding carboxylic acids is 1. The lowest BCUT2D eigenvalue weighted by Gasteiger charge is -2.09. The van der Waals surface area contributed by atoms with Gasteiger partial charge in [-0.15, -0.1) is 11.3 Å². The second kappa shape index (κ2) is 4.97. The van der Waals surface area contributed by atoms with Gasteiger partial charge in [-0.2, -0.15) is 0 Å². The summed E-state index contributed by atoms with van der Waals surface area (Å²) in [5.74, 6) is -1.00. The van der Waals surface area contributed by atoms with Crippen molar-refractivity contribution in [2.75, 3.05) is 11.9 Å². The molecule has 102 valence electrons. The molecule has 1 aromatic heterocycles. The summed E-state index contributed by atoms with van der Waals surface area (Å²) < 4.78 is 5.46. The Bertz CT molecular complexity index is 679. The van der Waals surface area contributed by atoms with E-state index in [1.807, 2.05) is 24.3 Å². The van der Waals surface area contributed by atoms with Gasteiger partial charge in [0.15, 0.2) is 0 Å². The van der Waals surface area contributed by atoms with E-state index in [4.69, 9.17) is 9.84 Å². The molecule has 2 aromatic rings. The molecule has 2 N–H and O–H groups in total. The van der Waals surface area contributed by atoms with Crippen LogP contribution in [0.2, 0.25) is 0 Å². The normalized spacial score (nSPS) is 16.3. The highest BCUT2D eigenvalue weighted by atomic mass is 32.1. The largest absolute Gasteiger partial charge is 0.492 e. The van der Waals surface area contributed by atoms with Gasteiger partial charge >= 0.3 is 5.97 Å². The van der Waals surface area contributed by atoms with Crippen LogP contribution in [0, 0.1) is 0 Å². The van der Waals surface area contributed by atoms with E-state index in [2.05, 4.69) is 5.32 Å². The van der Waals surface area contributed by atoms with Gasteiger partial charge in [0.05, 0.1) is 5.56 Å². The molecule has 0 spiro atoms. The molecule has 0 radical (unpaired) electrons. The van der Waals surface area contributed by atoms with Gasteiger partial charge in [0, 0.05) is 5.56 Å². The molecular formula is C14H11NO4S. The second-order valence-corrected chi connectivity index (χ2v) is 5.28. The third kappa shape index (κ3) is 2.14. The molecule has 2 heterocycles. The number of amides is 1. The fourth-order valence-electron chi connectivity index (χ4n) is 2.15. The number of benzene rings is 1. The minimum atomic E-state index is -1.05. The molecule has 0 saturated carbocycles. The zero-order chi connectivity index (χ0) is 14.1. The minimum Gasteiger partial charge on any atom is -0.492 e. The number of carboxylic acid groups (broad SMARTS) is 1. The summed E-state index contributed by atoms with van der Waals surface area (Å²) in [6.07, 6.45) is 0. The van der Waals surface area contributed by atoms with Gasteiger partial charge in [0.25, 0.3) is 0 Å². The summed E-state index contributed by atoms with van der Waals surface area (Å²) in [4.78, 5) is 23.3. The van der Waals surface area contributed by atoms with Crippen LogP contribution in [-0.4, -0.2) is 23.6 Å². The van der Waals surface area contributed by atoms with Crippen molar-refractivity contribution in [1.29, 1.82) is 0 Å². The van der Waals surface area contributed by atoms with Crippen LogP contribution < -0.4 is 10.1 Å². The molecule has 1 aromatic carbocycles. The maximum atomic E-state index is 12.3. The Balaban J connectivity index is 1.81. The predicted octanol–water partition coefficient (Wildman–Crippen LogP) is 2.56. The molecular weight excluding hydrogens is 278 g/mol. The van der Waals surface area contributed by atoms with E-state index in [-0.39, 0.29) is 18.1 Å². The topological polar surface area (TPSA) is 75.6 Å². The number of hydrogen-bond donors (Lipinski definition) is 2. The number of hydrogen-bond acceptors (Lipinski definition) is 4. The van der Waals surface area contributed by atoms with E-state index in [1.165, 1.54) is 17.4 Å². The van der Waals surface area contributed by atoms with E-state index < -0.39 is 11.9 Å². The molecule has 1 amide bonds. The second-order valence-electron chi connectivity index (χ2n) is 4.36. The smallest absolute Gasteiger partial charge is 0.338 e. The number of para-hydroxylation sites is 1. The molecule has 0 bridgehead atoms. The van der Waals surface area contributed by atoms with Crippen LogP contribution in [0.15, 0.2) is 35.7 Å². The van der Waals surface area contributed by atoms with Crippen molar-refractivity contribution < 1.29 is 19.4 Å². The van der Waals surface area contributed by atoms with Gasteiger partial charge in [0.2, 0.25) is 5.91 Å². The molecule has 1 aliphatic heterocycles. The number of aromatic carboxylic acids is 1. The van der Waals surface area contributed by atoms with Crippen LogP contribution in [0.3, 0.4) is 0 Å². The first kappa shape index (κ1) is 12.7. The SMILES string of the molecule is O=C(O)c1ccsc1NC(=O)C1COc2ccccc21. The van der Waals surface area contributed by atoms with Gasteiger partial charge in [-0.25, -0.2) is 4.79 Å². The Labute approximate surface area is 118 Å². The van der Waals surface area contributed by atoms with E-state index in [0.29, 0.717) is 10.8 Å². The summed E-state index contributed by atoms with van der Waals surface area (Å²) in [7, 11) is 0.